The molecule has 1 aromatic heterocycles. The summed E-state index contributed by atoms with van der Waals surface area (Å²) in [6.07, 6.45) is -0.547. The van der Waals surface area contributed by atoms with Crippen molar-refractivity contribution < 1.29 is 8.78 Å². The lowest BCUT2D eigenvalue weighted by molar-refractivity contribution is 0.400. The summed E-state index contributed by atoms with van der Waals surface area (Å²) in [6, 6.07) is 15.8. The van der Waals surface area contributed by atoms with Gasteiger partial charge < -0.3 is 16.0 Å². The zero-order valence-electron chi connectivity index (χ0n) is 17.0. The van der Waals surface area contributed by atoms with Gasteiger partial charge in [0.2, 0.25) is 0 Å². The Labute approximate surface area is 178 Å². The Morgan fingerprint density at radius 3 is 2.45 bits per heavy atom. The van der Waals surface area contributed by atoms with Crippen molar-refractivity contribution in [1.82, 2.24) is 19.7 Å². The van der Waals surface area contributed by atoms with Crippen molar-refractivity contribution in [3.8, 4) is 16.8 Å². The van der Waals surface area contributed by atoms with Crippen LogP contribution in [0.1, 0.15) is 0 Å². The van der Waals surface area contributed by atoms with E-state index in [1.807, 2.05) is 18.2 Å². The molecule has 4 rings (SSSR count). The number of nitrogens with two attached hydrogens (primary N) is 1. The fourth-order valence-electron chi connectivity index (χ4n) is 3.63. The second-order valence-corrected chi connectivity index (χ2v) is 7.34. The first-order chi connectivity index (χ1) is 15.1. The summed E-state index contributed by atoms with van der Waals surface area (Å²) in [7, 11) is 0. The molecule has 0 amide bonds. The molecule has 0 aliphatic carbocycles. The highest BCUT2D eigenvalue weighted by atomic mass is 19.3. The molecule has 9 heteroatoms. The molecule has 0 atom stereocenters. The normalized spacial score (nSPS) is 14.0. The second-order valence-electron chi connectivity index (χ2n) is 7.34. The van der Waals surface area contributed by atoms with Crippen LogP contribution in [0.15, 0.2) is 71.3 Å². The summed E-state index contributed by atoms with van der Waals surface area (Å²) in [4.78, 5) is 15.0. The van der Waals surface area contributed by atoms with E-state index in [0.29, 0.717) is 5.69 Å². The molecule has 162 valence electrons. The van der Waals surface area contributed by atoms with Gasteiger partial charge in [-0.05, 0) is 35.4 Å². The Kier molecular flexibility index (Phi) is 6.24. The quantitative estimate of drug-likeness (QED) is 0.632. The fraction of sp³-hybridized carbons (Fsp3) is 0.273. The van der Waals surface area contributed by atoms with Crippen molar-refractivity contribution >= 4 is 5.69 Å². The molecule has 2 heterocycles. The van der Waals surface area contributed by atoms with Gasteiger partial charge in [-0.25, -0.2) is 14.0 Å². The van der Waals surface area contributed by atoms with Crippen molar-refractivity contribution in [2.75, 3.05) is 37.6 Å². The van der Waals surface area contributed by atoms with Crippen LogP contribution in [0.25, 0.3) is 16.8 Å². The molecule has 3 aromatic rings. The summed E-state index contributed by atoms with van der Waals surface area (Å²) >= 11 is 0. The minimum atomic E-state index is -1.88. The topological polar surface area (TPSA) is 81.1 Å². The third-order valence-corrected chi connectivity index (χ3v) is 5.39. The van der Waals surface area contributed by atoms with Gasteiger partial charge >= 0.3 is 5.69 Å². The van der Waals surface area contributed by atoms with Crippen molar-refractivity contribution in [3.63, 3.8) is 0 Å². The van der Waals surface area contributed by atoms with Gasteiger partial charge in [0.25, 0.3) is 6.08 Å². The monoisotopic (exact) mass is 426 g/mol. The Bertz CT molecular complexity index is 1130. The Balaban J connectivity index is 1.58. The van der Waals surface area contributed by atoms with Crippen LogP contribution in [0.4, 0.5) is 14.5 Å². The molecule has 0 saturated carbocycles. The van der Waals surface area contributed by atoms with Crippen LogP contribution >= 0.6 is 0 Å². The van der Waals surface area contributed by atoms with E-state index in [9.17, 15) is 13.6 Å². The lowest BCUT2D eigenvalue weighted by Crippen LogP contribution is -2.43. The first kappa shape index (κ1) is 21.0. The average Bonchev–Trinajstić information content (AvgIpc) is 3.18. The SMILES string of the molecule is NCC(Cn1ncn(-c2cccc(-c3ccc(N4CCNCC4)cc3)c2)c1=O)=C(F)F. The number of piperazine rings is 1. The zero-order valence-corrected chi connectivity index (χ0v) is 17.0. The standard InChI is InChI=1S/C22H24F2N6O/c23-21(24)18(13-25)14-30-22(31)29(15-27-30)20-3-1-2-17(12-20)16-4-6-19(7-5-16)28-10-8-26-9-11-28/h1-7,12,15,26H,8-11,13-14,25H2. The van der Waals surface area contributed by atoms with E-state index in [-0.39, 0.29) is 18.7 Å². The van der Waals surface area contributed by atoms with Crippen molar-refractivity contribution in [1.29, 1.82) is 0 Å². The first-order valence-electron chi connectivity index (χ1n) is 10.1. The summed E-state index contributed by atoms with van der Waals surface area (Å²) in [5.74, 6) is 0. The first-order valence-corrected chi connectivity index (χ1v) is 10.1. The maximum Gasteiger partial charge on any atom is 0.350 e. The maximum absolute atomic E-state index is 12.9. The smallest absolute Gasteiger partial charge is 0.350 e. The van der Waals surface area contributed by atoms with Crippen LogP contribution in [-0.4, -0.2) is 47.1 Å². The molecular weight excluding hydrogens is 402 g/mol. The van der Waals surface area contributed by atoms with Crippen molar-refractivity contribution in [2.45, 2.75) is 6.54 Å². The number of aromatic nitrogens is 3. The van der Waals surface area contributed by atoms with Gasteiger partial charge in [-0.1, -0.05) is 24.3 Å². The molecule has 0 radical (unpaired) electrons. The molecule has 1 aliphatic rings. The van der Waals surface area contributed by atoms with E-state index < -0.39 is 11.8 Å². The lowest BCUT2D eigenvalue weighted by atomic mass is 10.0. The summed E-state index contributed by atoms with van der Waals surface area (Å²) in [5.41, 5.74) is 8.28. The molecule has 0 unspecified atom stereocenters. The Morgan fingerprint density at radius 2 is 1.77 bits per heavy atom. The van der Waals surface area contributed by atoms with Gasteiger partial charge in [0.1, 0.15) is 6.33 Å². The number of anilines is 1. The predicted octanol–water partition coefficient (Wildman–Crippen LogP) is 2.22. The van der Waals surface area contributed by atoms with Crippen molar-refractivity contribution in [3.05, 3.63) is 77.0 Å². The van der Waals surface area contributed by atoms with Crippen LogP contribution in [0.3, 0.4) is 0 Å². The highest BCUT2D eigenvalue weighted by molar-refractivity contribution is 5.68. The molecule has 7 nitrogen and oxygen atoms in total. The van der Waals surface area contributed by atoms with Gasteiger partial charge in [0.15, 0.2) is 0 Å². The number of halogens is 2. The van der Waals surface area contributed by atoms with E-state index >= 15 is 0 Å². The molecule has 2 aromatic carbocycles. The van der Waals surface area contributed by atoms with Crippen molar-refractivity contribution in [2.24, 2.45) is 5.73 Å². The van der Waals surface area contributed by atoms with Crippen LogP contribution in [-0.2, 0) is 6.54 Å². The predicted molar refractivity (Wildman–Crippen MR) is 117 cm³/mol. The van der Waals surface area contributed by atoms with E-state index in [4.69, 9.17) is 5.73 Å². The van der Waals surface area contributed by atoms with Gasteiger partial charge in [-0.3, -0.25) is 0 Å². The Morgan fingerprint density at radius 1 is 1.03 bits per heavy atom. The van der Waals surface area contributed by atoms with E-state index in [2.05, 4.69) is 39.6 Å². The number of nitrogens with zero attached hydrogens (tertiary/aromatic N) is 4. The van der Waals surface area contributed by atoms with Crippen LogP contribution in [0.2, 0.25) is 0 Å². The zero-order chi connectivity index (χ0) is 21.8. The van der Waals surface area contributed by atoms with Gasteiger partial charge in [0.05, 0.1) is 12.2 Å². The van der Waals surface area contributed by atoms with Crippen LogP contribution in [0.5, 0.6) is 0 Å². The molecule has 1 fully saturated rings. The Hall–Kier alpha value is -3.30. The summed E-state index contributed by atoms with van der Waals surface area (Å²) < 4.78 is 28.1. The fourth-order valence-corrected chi connectivity index (χ4v) is 3.63. The second kappa shape index (κ2) is 9.23. The number of hydrogen-bond donors (Lipinski definition) is 2. The van der Waals surface area contributed by atoms with Crippen LogP contribution < -0.4 is 21.6 Å². The molecule has 3 N–H and O–H groups in total. The summed E-state index contributed by atoms with van der Waals surface area (Å²) in [5, 5.41) is 7.31. The van der Waals surface area contributed by atoms with Gasteiger partial charge in [-0.15, -0.1) is 0 Å². The van der Waals surface area contributed by atoms with E-state index in [1.54, 1.807) is 6.07 Å². The molecule has 1 aliphatic heterocycles. The number of benzene rings is 2. The lowest BCUT2D eigenvalue weighted by Gasteiger charge is -2.29. The van der Waals surface area contributed by atoms with E-state index in [1.165, 1.54) is 16.6 Å². The van der Waals surface area contributed by atoms with E-state index in [0.717, 1.165) is 42.0 Å². The average molecular weight is 426 g/mol. The highest BCUT2D eigenvalue weighted by Crippen LogP contribution is 2.25. The number of hydrogen-bond acceptors (Lipinski definition) is 5. The van der Waals surface area contributed by atoms with Gasteiger partial charge in [-0.2, -0.15) is 13.9 Å². The summed E-state index contributed by atoms with van der Waals surface area (Å²) in [6.45, 7) is 3.25. The van der Waals surface area contributed by atoms with Crippen LogP contribution in [0, 0.1) is 0 Å². The largest absolute Gasteiger partial charge is 0.369 e. The molecule has 0 bridgehead atoms. The third kappa shape index (κ3) is 4.57. The highest BCUT2D eigenvalue weighted by Gasteiger charge is 2.13. The third-order valence-electron chi connectivity index (χ3n) is 5.39. The molecular formula is C22H24F2N6O. The number of nitrogens with one attached hydrogen (secondary N) is 1. The maximum atomic E-state index is 12.9. The minimum Gasteiger partial charge on any atom is -0.369 e. The van der Waals surface area contributed by atoms with Gasteiger partial charge in [0, 0.05) is 44.0 Å². The minimum absolute atomic E-state index is 0.314. The number of rotatable bonds is 6. The molecule has 0 spiro atoms. The molecule has 1 saturated heterocycles. The molecule has 31 heavy (non-hydrogen) atoms.